The molecule has 1 heterocycles. The van der Waals surface area contributed by atoms with E-state index in [2.05, 4.69) is 0 Å². The molecule has 0 spiro atoms. The van der Waals surface area contributed by atoms with Crippen LogP contribution in [0.3, 0.4) is 0 Å². The molecule has 4 nitrogen and oxygen atoms in total. The van der Waals surface area contributed by atoms with Gasteiger partial charge in [-0.1, -0.05) is 25.1 Å². The molecule has 0 saturated heterocycles. The van der Waals surface area contributed by atoms with E-state index in [-0.39, 0.29) is 4.88 Å². The van der Waals surface area contributed by atoms with Gasteiger partial charge in [0.25, 0.3) is 0 Å². The van der Waals surface area contributed by atoms with E-state index in [9.17, 15) is 4.79 Å². The van der Waals surface area contributed by atoms with E-state index >= 15 is 0 Å². The van der Waals surface area contributed by atoms with Crippen molar-refractivity contribution in [3.63, 3.8) is 0 Å². The van der Waals surface area contributed by atoms with Gasteiger partial charge in [0.15, 0.2) is 4.88 Å². The van der Waals surface area contributed by atoms with E-state index in [4.69, 9.17) is 14.6 Å². The van der Waals surface area contributed by atoms with Gasteiger partial charge in [-0.15, -0.1) is 11.3 Å². The lowest BCUT2D eigenvalue weighted by Crippen LogP contribution is -2.10. The predicted molar refractivity (Wildman–Crippen MR) is 78.1 cm³/mol. The van der Waals surface area contributed by atoms with Crippen LogP contribution in [0.1, 0.15) is 21.5 Å². The summed E-state index contributed by atoms with van der Waals surface area (Å²) in [6.45, 7) is 2.68. The molecule has 1 aromatic carbocycles. The third-order valence-electron chi connectivity index (χ3n) is 2.64. The van der Waals surface area contributed by atoms with Gasteiger partial charge in [0.1, 0.15) is 24.7 Å². The van der Waals surface area contributed by atoms with Crippen LogP contribution in [0.25, 0.3) is 0 Å². The third-order valence-corrected chi connectivity index (χ3v) is 3.89. The minimum atomic E-state index is -0.950. The molecule has 106 valence electrons. The molecule has 0 saturated carbocycles. The standard InChI is InChI=1S/C15H16O4S/c1-2-12-10-13(14(20-12)15(16)17)19-9-8-18-11-6-4-3-5-7-11/h3-7,10H,2,8-9H2,1H3,(H,16,17). The highest BCUT2D eigenvalue weighted by molar-refractivity contribution is 7.14. The van der Waals surface area contributed by atoms with Crippen molar-refractivity contribution in [3.05, 3.63) is 46.2 Å². The monoisotopic (exact) mass is 292 g/mol. The Bertz CT molecular complexity index is 563. The predicted octanol–water partition coefficient (Wildman–Crippen LogP) is 3.47. The smallest absolute Gasteiger partial charge is 0.349 e. The first-order valence-corrected chi connectivity index (χ1v) is 7.19. The average Bonchev–Trinajstić information content (AvgIpc) is 2.88. The van der Waals surface area contributed by atoms with Gasteiger partial charge in [0.2, 0.25) is 0 Å². The number of carboxylic acid groups (broad SMARTS) is 1. The summed E-state index contributed by atoms with van der Waals surface area (Å²) in [7, 11) is 0. The highest BCUT2D eigenvalue weighted by Crippen LogP contribution is 2.29. The van der Waals surface area contributed by atoms with Crippen molar-refractivity contribution >= 4 is 17.3 Å². The first-order chi connectivity index (χ1) is 9.70. The molecule has 2 aromatic rings. The second-order valence-electron chi connectivity index (χ2n) is 4.07. The van der Waals surface area contributed by atoms with Crippen LogP contribution < -0.4 is 9.47 Å². The second kappa shape index (κ2) is 6.96. The summed E-state index contributed by atoms with van der Waals surface area (Å²) in [4.78, 5) is 12.4. The van der Waals surface area contributed by atoms with Crippen molar-refractivity contribution in [3.8, 4) is 11.5 Å². The lowest BCUT2D eigenvalue weighted by Gasteiger charge is -2.07. The second-order valence-corrected chi connectivity index (χ2v) is 5.21. The molecule has 0 radical (unpaired) electrons. The van der Waals surface area contributed by atoms with Crippen LogP contribution in [0.15, 0.2) is 36.4 Å². The number of carbonyl (C=O) groups is 1. The minimum absolute atomic E-state index is 0.251. The Morgan fingerprint density at radius 2 is 1.90 bits per heavy atom. The van der Waals surface area contributed by atoms with E-state index in [0.29, 0.717) is 19.0 Å². The van der Waals surface area contributed by atoms with Gasteiger partial charge in [-0.2, -0.15) is 0 Å². The Morgan fingerprint density at radius 3 is 2.55 bits per heavy atom. The highest BCUT2D eigenvalue weighted by Gasteiger charge is 2.16. The van der Waals surface area contributed by atoms with Crippen molar-refractivity contribution in [2.45, 2.75) is 13.3 Å². The fourth-order valence-corrected chi connectivity index (χ4v) is 2.56. The number of para-hydroxylation sites is 1. The molecular weight excluding hydrogens is 276 g/mol. The molecule has 0 fully saturated rings. The summed E-state index contributed by atoms with van der Waals surface area (Å²) in [5, 5.41) is 9.11. The van der Waals surface area contributed by atoms with Gasteiger partial charge in [-0.3, -0.25) is 0 Å². The summed E-state index contributed by atoms with van der Waals surface area (Å²) in [5.41, 5.74) is 0. The Morgan fingerprint density at radius 1 is 1.20 bits per heavy atom. The maximum absolute atomic E-state index is 11.1. The SMILES string of the molecule is CCc1cc(OCCOc2ccccc2)c(C(=O)O)s1. The normalized spacial score (nSPS) is 10.2. The Balaban J connectivity index is 1.87. The number of hydrogen-bond donors (Lipinski definition) is 1. The molecule has 1 aromatic heterocycles. The Labute approximate surface area is 121 Å². The zero-order valence-electron chi connectivity index (χ0n) is 11.2. The lowest BCUT2D eigenvalue weighted by atomic mass is 10.3. The zero-order chi connectivity index (χ0) is 14.4. The summed E-state index contributed by atoms with van der Waals surface area (Å²) >= 11 is 1.26. The molecule has 2 rings (SSSR count). The first-order valence-electron chi connectivity index (χ1n) is 6.37. The third kappa shape index (κ3) is 3.74. The van der Waals surface area contributed by atoms with E-state index in [1.807, 2.05) is 37.3 Å². The number of rotatable bonds is 7. The summed E-state index contributed by atoms with van der Waals surface area (Å²) in [6.07, 6.45) is 0.800. The van der Waals surface area contributed by atoms with Crippen LogP contribution in [-0.2, 0) is 6.42 Å². The molecule has 0 atom stereocenters. The summed E-state index contributed by atoms with van der Waals surface area (Å²) in [6, 6.07) is 11.2. The van der Waals surface area contributed by atoms with E-state index in [1.54, 1.807) is 6.07 Å². The Kier molecular flexibility index (Phi) is 5.01. The summed E-state index contributed by atoms with van der Waals surface area (Å²) in [5.74, 6) is 0.249. The van der Waals surface area contributed by atoms with Crippen LogP contribution >= 0.6 is 11.3 Å². The molecule has 0 bridgehead atoms. The molecule has 5 heteroatoms. The maximum atomic E-state index is 11.1. The molecule has 1 N–H and O–H groups in total. The Hall–Kier alpha value is -2.01. The number of aromatic carboxylic acids is 1. The van der Waals surface area contributed by atoms with Crippen LogP contribution in [0.2, 0.25) is 0 Å². The fraction of sp³-hybridized carbons (Fsp3) is 0.267. The van der Waals surface area contributed by atoms with Gasteiger partial charge in [0.05, 0.1) is 0 Å². The van der Waals surface area contributed by atoms with Crippen molar-refractivity contribution in [1.29, 1.82) is 0 Å². The molecule has 0 aliphatic heterocycles. The van der Waals surface area contributed by atoms with E-state index in [1.165, 1.54) is 11.3 Å². The number of ether oxygens (including phenoxy) is 2. The van der Waals surface area contributed by atoms with Crippen LogP contribution in [0.5, 0.6) is 11.5 Å². The number of benzene rings is 1. The number of thiophene rings is 1. The van der Waals surface area contributed by atoms with Crippen LogP contribution in [0, 0.1) is 0 Å². The maximum Gasteiger partial charge on any atom is 0.349 e. The molecule has 0 aliphatic rings. The topological polar surface area (TPSA) is 55.8 Å². The molecule has 20 heavy (non-hydrogen) atoms. The molecule has 0 amide bonds. The summed E-state index contributed by atoms with van der Waals surface area (Å²) < 4.78 is 11.0. The van der Waals surface area contributed by atoms with Crippen molar-refractivity contribution in [1.82, 2.24) is 0 Å². The van der Waals surface area contributed by atoms with Gasteiger partial charge in [0, 0.05) is 4.88 Å². The van der Waals surface area contributed by atoms with Crippen molar-refractivity contribution < 1.29 is 19.4 Å². The number of hydrogen-bond acceptors (Lipinski definition) is 4. The van der Waals surface area contributed by atoms with Gasteiger partial charge in [-0.25, -0.2) is 4.79 Å². The van der Waals surface area contributed by atoms with Crippen LogP contribution in [-0.4, -0.2) is 24.3 Å². The van der Waals surface area contributed by atoms with Crippen molar-refractivity contribution in [2.75, 3.05) is 13.2 Å². The van der Waals surface area contributed by atoms with Crippen molar-refractivity contribution in [2.24, 2.45) is 0 Å². The molecule has 0 aliphatic carbocycles. The number of aryl methyl sites for hydroxylation is 1. The van der Waals surface area contributed by atoms with Gasteiger partial charge in [-0.05, 0) is 24.6 Å². The molecule has 0 unspecified atom stereocenters. The van der Waals surface area contributed by atoms with Gasteiger partial charge < -0.3 is 14.6 Å². The largest absolute Gasteiger partial charge is 0.490 e. The highest BCUT2D eigenvalue weighted by atomic mass is 32.1. The molecular formula is C15H16O4S. The van der Waals surface area contributed by atoms with Gasteiger partial charge >= 0.3 is 5.97 Å². The van der Waals surface area contributed by atoms with E-state index in [0.717, 1.165) is 17.0 Å². The van der Waals surface area contributed by atoms with E-state index < -0.39 is 5.97 Å². The minimum Gasteiger partial charge on any atom is -0.490 e. The lowest BCUT2D eigenvalue weighted by molar-refractivity contribution is 0.0697. The zero-order valence-corrected chi connectivity index (χ0v) is 12.0. The number of carboxylic acids is 1. The van der Waals surface area contributed by atoms with Crippen LogP contribution in [0.4, 0.5) is 0 Å². The quantitative estimate of drug-likeness (QED) is 0.794. The first kappa shape index (κ1) is 14.4. The average molecular weight is 292 g/mol. The fourth-order valence-electron chi connectivity index (χ4n) is 1.68.